The molecule has 0 fully saturated rings. The van der Waals surface area contributed by atoms with E-state index in [4.69, 9.17) is 0 Å². The highest BCUT2D eigenvalue weighted by Gasteiger charge is 2.07. The summed E-state index contributed by atoms with van der Waals surface area (Å²) < 4.78 is 0. The first-order chi connectivity index (χ1) is 10.3. The molecular formula is C19H18N2. The summed E-state index contributed by atoms with van der Waals surface area (Å²) in [5.74, 6) is 0. The first kappa shape index (κ1) is 13.5. The fourth-order valence-corrected chi connectivity index (χ4v) is 2.61. The molecule has 0 N–H and O–H groups in total. The van der Waals surface area contributed by atoms with E-state index in [0.29, 0.717) is 0 Å². The highest BCUT2D eigenvalue weighted by atomic mass is 14.6. The predicted molar refractivity (Wildman–Crippen MR) is 85.3 cm³/mol. The Morgan fingerprint density at radius 3 is 2.05 bits per heavy atom. The fraction of sp³-hybridized carbons (Fsp3) is 0.158. The molecule has 0 spiro atoms. The molecule has 0 bridgehead atoms. The van der Waals surface area contributed by atoms with Crippen molar-refractivity contribution in [3.8, 4) is 0 Å². The molecule has 21 heavy (non-hydrogen) atoms. The van der Waals surface area contributed by atoms with Crippen LogP contribution in [0.1, 0.15) is 27.8 Å². The van der Waals surface area contributed by atoms with E-state index < -0.39 is 0 Å². The lowest BCUT2D eigenvalue weighted by Crippen LogP contribution is -2.00. The topological polar surface area (TPSA) is 25.8 Å². The zero-order chi connectivity index (χ0) is 14.5. The van der Waals surface area contributed by atoms with Gasteiger partial charge in [-0.3, -0.25) is 9.97 Å². The molecule has 0 saturated carbocycles. The molecule has 1 aromatic carbocycles. The predicted octanol–water partition coefficient (Wildman–Crippen LogP) is 3.97. The number of nitrogens with zero attached hydrogens (tertiary/aromatic N) is 2. The molecule has 0 aliphatic rings. The van der Waals surface area contributed by atoms with E-state index in [0.717, 1.165) is 12.8 Å². The van der Waals surface area contributed by atoms with Gasteiger partial charge in [-0.25, -0.2) is 0 Å². The highest BCUT2D eigenvalue weighted by molar-refractivity contribution is 5.40. The Kier molecular flexibility index (Phi) is 4.06. The van der Waals surface area contributed by atoms with Gasteiger partial charge in [0.2, 0.25) is 0 Å². The molecule has 0 atom stereocenters. The van der Waals surface area contributed by atoms with E-state index in [1.165, 1.54) is 27.8 Å². The van der Waals surface area contributed by atoms with E-state index in [-0.39, 0.29) is 0 Å². The molecule has 2 heterocycles. The maximum Gasteiger partial charge on any atom is 0.0303 e. The van der Waals surface area contributed by atoms with Crippen LogP contribution in [-0.4, -0.2) is 9.97 Å². The second-order valence-corrected chi connectivity index (χ2v) is 5.29. The summed E-state index contributed by atoms with van der Waals surface area (Å²) >= 11 is 0. The molecule has 0 aliphatic heterocycles. The number of hydrogen-bond donors (Lipinski definition) is 0. The lowest BCUT2D eigenvalue weighted by atomic mass is 9.93. The molecule has 3 aromatic rings. The third-order valence-electron chi connectivity index (χ3n) is 3.73. The van der Waals surface area contributed by atoms with E-state index >= 15 is 0 Å². The zero-order valence-corrected chi connectivity index (χ0v) is 12.2. The molecule has 0 saturated heterocycles. The first-order valence-electron chi connectivity index (χ1n) is 7.18. The average Bonchev–Trinajstić information content (AvgIpc) is 2.53. The normalized spacial score (nSPS) is 10.5. The van der Waals surface area contributed by atoms with Crippen LogP contribution >= 0.6 is 0 Å². The highest BCUT2D eigenvalue weighted by Crippen LogP contribution is 2.21. The second-order valence-electron chi connectivity index (χ2n) is 5.29. The van der Waals surface area contributed by atoms with Crippen LogP contribution in [0.5, 0.6) is 0 Å². The summed E-state index contributed by atoms with van der Waals surface area (Å²) in [6.45, 7) is 2.18. The molecule has 0 aliphatic carbocycles. The van der Waals surface area contributed by atoms with Crippen molar-refractivity contribution in [2.24, 2.45) is 0 Å². The van der Waals surface area contributed by atoms with Gasteiger partial charge >= 0.3 is 0 Å². The molecule has 2 heteroatoms. The van der Waals surface area contributed by atoms with E-state index in [1.807, 2.05) is 36.9 Å². The van der Waals surface area contributed by atoms with Crippen LogP contribution in [0.25, 0.3) is 0 Å². The Morgan fingerprint density at radius 2 is 1.43 bits per heavy atom. The summed E-state index contributed by atoms with van der Waals surface area (Å²) in [6.07, 6.45) is 9.37. The Hall–Kier alpha value is -2.48. The Morgan fingerprint density at radius 1 is 0.762 bits per heavy atom. The van der Waals surface area contributed by atoms with Gasteiger partial charge in [0.1, 0.15) is 0 Å². The minimum Gasteiger partial charge on any atom is -0.264 e. The Balaban J connectivity index is 1.92. The number of aromatic nitrogens is 2. The third-order valence-corrected chi connectivity index (χ3v) is 3.73. The quantitative estimate of drug-likeness (QED) is 0.719. The smallest absolute Gasteiger partial charge is 0.0303 e. The maximum atomic E-state index is 4.21. The van der Waals surface area contributed by atoms with Crippen LogP contribution in [-0.2, 0) is 12.8 Å². The zero-order valence-electron chi connectivity index (χ0n) is 12.2. The van der Waals surface area contributed by atoms with Crippen molar-refractivity contribution in [1.29, 1.82) is 0 Å². The lowest BCUT2D eigenvalue weighted by molar-refractivity contribution is 1.05. The number of rotatable bonds is 4. The van der Waals surface area contributed by atoms with Gasteiger partial charge in [-0.05, 0) is 59.7 Å². The number of aryl methyl sites for hydroxylation is 1. The van der Waals surface area contributed by atoms with E-state index in [9.17, 15) is 0 Å². The van der Waals surface area contributed by atoms with Crippen LogP contribution in [0.15, 0.2) is 67.3 Å². The van der Waals surface area contributed by atoms with Crippen molar-refractivity contribution in [3.05, 3.63) is 95.1 Å². The summed E-state index contributed by atoms with van der Waals surface area (Å²) in [4.78, 5) is 8.42. The van der Waals surface area contributed by atoms with Gasteiger partial charge in [-0.2, -0.15) is 0 Å². The van der Waals surface area contributed by atoms with Gasteiger partial charge in [0.05, 0.1) is 0 Å². The van der Waals surface area contributed by atoms with Crippen molar-refractivity contribution in [2.45, 2.75) is 19.8 Å². The van der Waals surface area contributed by atoms with Crippen LogP contribution in [0.3, 0.4) is 0 Å². The number of benzene rings is 1. The molecule has 0 unspecified atom stereocenters. The third kappa shape index (κ3) is 3.34. The number of pyridine rings is 2. The van der Waals surface area contributed by atoms with Crippen molar-refractivity contribution >= 4 is 0 Å². The molecule has 2 nitrogen and oxygen atoms in total. The van der Waals surface area contributed by atoms with E-state index in [2.05, 4.69) is 47.2 Å². The first-order valence-corrected chi connectivity index (χ1v) is 7.18. The van der Waals surface area contributed by atoms with Gasteiger partial charge < -0.3 is 0 Å². The Bertz CT molecular complexity index is 706. The van der Waals surface area contributed by atoms with Crippen molar-refractivity contribution in [2.75, 3.05) is 0 Å². The minimum atomic E-state index is 0.922. The Labute approximate surface area is 125 Å². The summed E-state index contributed by atoms with van der Waals surface area (Å²) in [6, 6.07) is 14.8. The minimum absolute atomic E-state index is 0.922. The molecular weight excluding hydrogens is 256 g/mol. The standard InChI is InChI=1S/C19H18N2/c1-15-5-2-8-18(11-16-6-3-9-20-13-16)19(15)12-17-7-4-10-21-14-17/h2-10,13-14H,11-12H2,1H3. The molecule has 0 radical (unpaired) electrons. The van der Waals surface area contributed by atoms with Crippen molar-refractivity contribution in [3.63, 3.8) is 0 Å². The van der Waals surface area contributed by atoms with Gasteiger partial charge in [0.25, 0.3) is 0 Å². The van der Waals surface area contributed by atoms with Crippen LogP contribution in [0, 0.1) is 6.92 Å². The summed E-state index contributed by atoms with van der Waals surface area (Å²) in [5, 5.41) is 0. The van der Waals surface area contributed by atoms with Crippen LogP contribution in [0.4, 0.5) is 0 Å². The monoisotopic (exact) mass is 274 g/mol. The molecule has 0 amide bonds. The molecule has 3 rings (SSSR count). The molecule has 104 valence electrons. The van der Waals surface area contributed by atoms with Crippen molar-refractivity contribution < 1.29 is 0 Å². The van der Waals surface area contributed by atoms with Crippen molar-refractivity contribution in [1.82, 2.24) is 9.97 Å². The van der Waals surface area contributed by atoms with Gasteiger partial charge in [-0.15, -0.1) is 0 Å². The summed E-state index contributed by atoms with van der Waals surface area (Å²) in [7, 11) is 0. The van der Waals surface area contributed by atoms with Gasteiger partial charge in [-0.1, -0.05) is 30.3 Å². The van der Waals surface area contributed by atoms with Crippen LogP contribution < -0.4 is 0 Å². The maximum absolute atomic E-state index is 4.21. The average molecular weight is 274 g/mol. The largest absolute Gasteiger partial charge is 0.264 e. The fourth-order valence-electron chi connectivity index (χ4n) is 2.61. The second kappa shape index (κ2) is 6.31. The van der Waals surface area contributed by atoms with E-state index in [1.54, 1.807) is 0 Å². The van der Waals surface area contributed by atoms with Gasteiger partial charge in [0.15, 0.2) is 0 Å². The SMILES string of the molecule is Cc1cccc(Cc2cccnc2)c1Cc1cccnc1. The molecule has 2 aromatic heterocycles. The lowest BCUT2D eigenvalue weighted by Gasteiger charge is -2.13. The number of hydrogen-bond acceptors (Lipinski definition) is 2. The van der Waals surface area contributed by atoms with Crippen LogP contribution in [0.2, 0.25) is 0 Å². The van der Waals surface area contributed by atoms with Gasteiger partial charge in [0, 0.05) is 24.8 Å². The summed E-state index contributed by atoms with van der Waals surface area (Å²) in [5.41, 5.74) is 6.59.